The number of halogens is 1. The van der Waals surface area contributed by atoms with E-state index in [9.17, 15) is 14.4 Å². The lowest BCUT2D eigenvalue weighted by Crippen LogP contribution is -2.54. The summed E-state index contributed by atoms with van der Waals surface area (Å²) in [7, 11) is 0. The van der Waals surface area contributed by atoms with Gasteiger partial charge in [-0.1, -0.05) is 47.8 Å². The Morgan fingerprint density at radius 2 is 1.88 bits per heavy atom. The van der Waals surface area contributed by atoms with E-state index in [1.807, 2.05) is 43.0 Å². The van der Waals surface area contributed by atoms with E-state index in [-0.39, 0.29) is 42.3 Å². The zero-order valence-corrected chi connectivity index (χ0v) is 21.2. The second-order valence-corrected chi connectivity index (χ2v) is 10.4. The zero-order valence-electron chi connectivity index (χ0n) is 19.6. The predicted molar refractivity (Wildman–Crippen MR) is 130 cm³/mol. The molecule has 0 aromatic heterocycles. The van der Waals surface area contributed by atoms with Gasteiger partial charge >= 0.3 is 0 Å². The first kappa shape index (κ1) is 25.7. The summed E-state index contributed by atoms with van der Waals surface area (Å²) >= 11 is 3.42. The average molecular weight is 522 g/mol. The summed E-state index contributed by atoms with van der Waals surface area (Å²) in [4.78, 5) is 39.7. The molecule has 3 amide bonds. The first-order chi connectivity index (χ1) is 15.8. The van der Waals surface area contributed by atoms with Crippen LogP contribution in [0.5, 0.6) is 0 Å². The number of primary amides is 1. The van der Waals surface area contributed by atoms with Gasteiger partial charge in [0.1, 0.15) is 6.04 Å². The number of amides is 3. The SMILES string of the molecule is C[C@H]1CCCC[C@H]2CC[C@@H](C(=O)N[C@@H](CCC(N)=O)[C@@H](C)OCc3ccc(Br)cc3)N2C1=O. The number of carbonyl (C=O) groups is 3. The van der Waals surface area contributed by atoms with Crippen LogP contribution in [0.1, 0.15) is 70.8 Å². The minimum absolute atomic E-state index is 0.0555. The Morgan fingerprint density at radius 3 is 2.58 bits per heavy atom. The van der Waals surface area contributed by atoms with E-state index >= 15 is 0 Å². The van der Waals surface area contributed by atoms with Crippen molar-refractivity contribution >= 4 is 33.7 Å². The molecule has 1 aromatic rings. The Kier molecular flexibility index (Phi) is 9.32. The normalized spacial score (nSPS) is 25.0. The van der Waals surface area contributed by atoms with Gasteiger partial charge < -0.3 is 20.7 Å². The average Bonchev–Trinajstić information content (AvgIpc) is 3.20. The number of benzene rings is 1. The fourth-order valence-corrected chi connectivity index (χ4v) is 5.16. The summed E-state index contributed by atoms with van der Waals surface area (Å²) in [6.07, 6.45) is 5.75. The van der Waals surface area contributed by atoms with E-state index in [1.54, 1.807) is 0 Å². The van der Waals surface area contributed by atoms with E-state index in [0.29, 0.717) is 19.4 Å². The smallest absolute Gasteiger partial charge is 0.243 e. The molecule has 0 radical (unpaired) electrons. The molecule has 5 atom stereocenters. The molecule has 0 saturated carbocycles. The van der Waals surface area contributed by atoms with E-state index in [2.05, 4.69) is 21.2 Å². The van der Waals surface area contributed by atoms with Crippen molar-refractivity contribution in [3.63, 3.8) is 0 Å². The summed E-state index contributed by atoms with van der Waals surface area (Å²) in [5.41, 5.74) is 6.39. The number of nitrogens with zero attached hydrogens (tertiary/aromatic N) is 1. The van der Waals surface area contributed by atoms with Crippen LogP contribution in [0.15, 0.2) is 28.7 Å². The summed E-state index contributed by atoms with van der Waals surface area (Å²) in [5.74, 6) is -0.541. The second-order valence-electron chi connectivity index (χ2n) is 9.44. The molecule has 0 unspecified atom stereocenters. The second kappa shape index (κ2) is 12.0. The van der Waals surface area contributed by atoms with Crippen molar-refractivity contribution in [3.8, 4) is 0 Å². The fraction of sp³-hybridized carbons (Fsp3) is 0.640. The molecule has 2 fully saturated rings. The number of fused-ring (bicyclic) bond motifs is 1. The van der Waals surface area contributed by atoms with Gasteiger partial charge in [0.15, 0.2) is 0 Å². The molecule has 33 heavy (non-hydrogen) atoms. The van der Waals surface area contributed by atoms with Gasteiger partial charge in [0, 0.05) is 22.9 Å². The summed E-state index contributed by atoms with van der Waals surface area (Å²) in [6, 6.07) is 7.16. The number of carbonyl (C=O) groups excluding carboxylic acids is 3. The van der Waals surface area contributed by atoms with Crippen molar-refractivity contribution in [2.24, 2.45) is 11.7 Å². The first-order valence-electron chi connectivity index (χ1n) is 12.0. The maximum atomic E-state index is 13.3. The van der Waals surface area contributed by atoms with Crippen LogP contribution in [0.4, 0.5) is 0 Å². The predicted octanol–water partition coefficient (Wildman–Crippen LogP) is 3.67. The molecule has 0 aliphatic carbocycles. The van der Waals surface area contributed by atoms with Crippen molar-refractivity contribution in [3.05, 3.63) is 34.3 Å². The molecule has 7 nitrogen and oxygen atoms in total. The van der Waals surface area contributed by atoms with Gasteiger partial charge in [0.2, 0.25) is 17.7 Å². The molecule has 8 heteroatoms. The van der Waals surface area contributed by atoms with Gasteiger partial charge in [0.05, 0.1) is 18.8 Å². The summed E-state index contributed by atoms with van der Waals surface area (Å²) in [5, 5.41) is 3.09. The summed E-state index contributed by atoms with van der Waals surface area (Å²) < 4.78 is 7.04. The lowest BCUT2D eigenvalue weighted by molar-refractivity contribution is -0.144. The monoisotopic (exact) mass is 521 g/mol. The van der Waals surface area contributed by atoms with E-state index in [0.717, 1.165) is 42.1 Å². The number of hydrogen-bond donors (Lipinski definition) is 2. The molecule has 3 rings (SSSR count). The minimum atomic E-state index is -0.460. The maximum Gasteiger partial charge on any atom is 0.243 e. The number of nitrogens with two attached hydrogens (primary N) is 1. The first-order valence-corrected chi connectivity index (χ1v) is 12.8. The number of ether oxygens (including phenoxy) is 1. The molecular formula is C25H36BrN3O4. The third-order valence-corrected chi connectivity index (χ3v) is 7.46. The Labute approximate surface area is 204 Å². The Bertz CT molecular complexity index is 831. The molecule has 1 aromatic carbocycles. The highest BCUT2D eigenvalue weighted by Gasteiger charge is 2.43. The van der Waals surface area contributed by atoms with Crippen LogP contribution in [-0.4, -0.2) is 46.9 Å². The molecule has 0 bridgehead atoms. The molecule has 0 spiro atoms. The molecule has 2 saturated heterocycles. The van der Waals surface area contributed by atoms with Gasteiger partial charge in [-0.15, -0.1) is 0 Å². The van der Waals surface area contributed by atoms with Gasteiger partial charge in [0.25, 0.3) is 0 Å². The highest BCUT2D eigenvalue weighted by molar-refractivity contribution is 9.10. The third kappa shape index (κ3) is 7.03. The van der Waals surface area contributed by atoms with Crippen LogP contribution in [-0.2, 0) is 25.7 Å². The topological polar surface area (TPSA) is 102 Å². The van der Waals surface area contributed by atoms with Crippen LogP contribution in [0.25, 0.3) is 0 Å². The third-order valence-electron chi connectivity index (χ3n) is 6.93. The Morgan fingerprint density at radius 1 is 1.18 bits per heavy atom. The minimum Gasteiger partial charge on any atom is -0.372 e. The van der Waals surface area contributed by atoms with E-state index in [4.69, 9.17) is 10.5 Å². The standard InChI is InChI=1S/C25H36BrN3O4/c1-16-5-3-4-6-20-11-13-22(29(20)25(16)32)24(31)28-21(12-14-23(27)30)17(2)33-15-18-7-9-19(26)10-8-18/h7-10,16-17,20-22H,3-6,11-15H2,1-2H3,(H2,27,30)(H,28,31)/t16-,17+,20-,21-,22-/m0/s1. The van der Waals surface area contributed by atoms with Crippen LogP contribution in [0.2, 0.25) is 0 Å². The van der Waals surface area contributed by atoms with Gasteiger partial charge in [-0.05, 0) is 56.7 Å². The van der Waals surface area contributed by atoms with Crippen molar-refractivity contribution in [1.29, 1.82) is 0 Å². The lowest BCUT2D eigenvalue weighted by atomic mass is 9.95. The largest absolute Gasteiger partial charge is 0.372 e. The van der Waals surface area contributed by atoms with Gasteiger partial charge in [-0.25, -0.2) is 0 Å². The zero-order chi connectivity index (χ0) is 24.0. The molecule has 2 aliphatic heterocycles. The van der Waals surface area contributed by atoms with Gasteiger partial charge in [-0.2, -0.15) is 0 Å². The van der Waals surface area contributed by atoms with Crippen LogP contribution < -0.4 is 11.1 Å². The van der Waals surface area contributed by atoms with Crippen molar-refractivity contribution in [2.75, 3.05) is 0 Å². The molecule has 182 valence electrons. The summed E-state index contributed by atoms with van der Waals surface area (Å²) in [6.45, 7) is 4.25. The Hall–Kier alpha value is -1.93. The van der Waals surface area contributed by atoms with Crippen molar-refractivity contribution in [2.45, 2.75) is 96.1 Å². The van der Waals surface area contributed by atoms with E-state index in [1.165, 1.54) is 0 Å². The van der Waals surface area contributed by atoms with Crippen molar-refractivity contribution < 1.29 is 19.1 Å². The highest BCUT2D eigenvalue weighted by atomic mass is 79.9. The van der Waals surface area contributed by atoms with Crippen molar-refractivity contribution in [1.82, 2.24) is 10.2 Å². The van der Waals surface area contributed by atoms with E-state index < -0.39 is 11.9 Å². The van der Waals surface area contributed by atoms with Gasteiger partial charge in [-0.3, -0.25) is 14.4 Å². The molecule has 2 heterocycles. The molecule has 3 N–H and O–H groups in total. The fourth-order valence-electron chi connectivity index (χ4n) is 4.89. The maximum absolute atomic E-state index is 13.3. The molecular weight excluding hydrogens is 486 g/mol. The quantitative estimate of drug-likeness (QED) is 0.517. The highest BCUT2D eigenvalue weighted by Crippen LogP contribution is 2.33. The Balaban J connectivity index is 1.66. The number of rotatable bonds is 9. The number of hydrogen-bond acceptors (Lipinski definition) is 4. The van der Waals surface area contributed by atoms with Crippen LogP contribution in [0, 0.1) is 5.92 Å². The van der Waals surface area contributed by atoms with Crippen LogP contribution >= 0.6 is 15.9 Å². The lowest BCUT2D eigenvalue weighted by Gasteiger charge is -2.35. The van der Waals surface area contributed by atoms with Crippen LogP contribution in [0.3, 0.4) is 0 Å². The molecule has 2 aliphatic rings. The number of nitrogens with one attached hydrogen (secondary N) is 1.